The van der Waals surface area contributed by atoms with Crippen LogP contribution < -0.4 is 5.32 Å². The van der Waals surface area contributed by atoms with Crippen molar-refractivity contribution < 1.29 is 27.5 Å². The maximum absolute atomic E-state index is 14.1. The van der Waals surface area contributed by atoms with Gasteiger partial charge in [0.1, 0.15) is 5.82 Å². The maximum Gasteiger partial charge on any atom is 0.335 e. The third-order valence-electron chi connectivity index (χ3n) is 4.73. The van der Waals surface area contributed by atoms with Crippen LogP contribution in [0, 0.1) is 5.82 Å². The predicted octanol–water partition coefficient (Wildman–Crippen LogP) is 3.89. The molecule has 0 atom stereocenters. The minimum absolute atomic E-state index is 0.0126. The first-order valence-electron chi connectivity index (χ1n) is 9.32. The van der Waals surface area contributed by atoms with Crippen LogP contribution in [0.3, 0.4) is 0 Å². The molecule has 0 spiro atoms. The van der Waals surface area contributed by atoms with Gasteiger partial charge in [0, 0.05) is 11.1 Å². The maximum atomic E-state index is 14.1. The number of anilines is 1. The Morgan fingerprint density at radius 2 is 1.53 bits per heavy atom. The lowest BCUT2D eigenvalue weighted by Gasteiger charge is -2.19. The van der Waals surface area contributed by atoms with Gasteiger partial charge < -0.3 is 10.4 Å². The second-order valence-electron chi connectivity index (χ2n) is 6.82. The van der Waals surface area contributed by atoms with E-state index < -0.39 is 27.6 Å². The molecule has 2 N–H and O–H groups in total. The first kappa shape index (κ1) is 21.1. The number of carboxylic acid groups (broad SMARTS) is 1. The van der Waals surface area contributed by atoms with Gasteiger partial charge in [0.2, 0.25) is 5.78 Å². The van der Waals surface area contributed by atoms with Crippen molar-refractivity contribution in [2.24, 2.45) is 4.40 Å². The average Bonchev–Trinajstić information content (AvgIpc) is 2.78. The molecule has 1 aliphatic carbocycles. The van der Waals surface area contributed by atoms with E-state index in [1.165, 1.54) is 30.3 Å². The summed E-state index contributed by atoms with van der Waals surface area (Å²) >= 11 is 0. The lowest BCUT2D eigenvalue weighted by Crippen LogP contribution is -2.23. The van der Waals surface area contributed by atoms with Gasteiger partial charge in [0.25, 0.3) is 10.0 Å². The second kappa shape index (κ2) is 8.20. The van der Waals surface area contributed by atoms with Gasteiger partial charge in [0.15, 0.2) is 0 Å². The summed E-state index contributed by atoms with van der Waals surface area (Å²) in [6, 6.07) is 16.7. The van der Waals surface area contributed by atoms with Crippen molar-refractivity contribution in [3.8, 4) is 0 Å². The minimum atomic E-state index is -4.23. The molecule has 0 bridgehead atoms. The van der Waals surface area contributed by atoms with Gasteiger partial charge in [-0.25, -0.2) is 9.18 Å². The molecular weight excluding hydrogens is 435 g/mol. The largest absolute Gasteiger partial charge is 0.478 e. The number of fused-ring (bicyclic) bond motifs is 1. The summed E-state index contributed by atoms with van der Waals surface area (Å²) in [6.07, 6.45) is 1.25. The molecule has 0 unspecified atom stereocenters. The van der Waals surface area contributed by atoms with E-state index in [9.17, 15) is 22.4 Å². The number of halogens is 1. The van der Waals surface area contributed by atoms with Crippen molar-refractivity contribution in [2.45, 2.75) is 4.90 Å². The molecule has 0 heterocycles. The Morgan fingerprint density at radius 3 is 2.19 bits per heavy atom. The SMILES string of the molecule is O=C(O)c1ccc(S(=O)(=O)/N=C2/C=C(Nc3ccccc3F)C(=O)c3ccccc32)cc1. The van der Waals surface area contributed by atoms with Crippen molar-refractivity contribution in [1.29, 1.82) is 0 Å². The first-order valence-corrected chi connectivity index (χ1v) is 10.8. The molecule has 0 aliphatic heterocycles. The van der Waals surface area contributed by atoms with Crippen LogP contribution in [0.4, 0.5) is 10.1 Å². The molecule has 0 amide bonds. The Hall–Kier alpha value is -4.11. The molecule has 0 saturated carbocycles. The van der Waals surface area contributed by atoms with Gasteiger partial charge in [-0.3, -0.25) is 4.79 Å². The zero-order valence-electron chi connectivity index (χ0n) is 16.3. The van der Waals surface area contributed by atoms with Gasteiger partial charge >= 0.3 is 5.97 Å². The fraction of sp³-hybridized carbons (Fsp3) is 0. The Bertz CT molecular complexity index is 1410. The van der Waals surface area contributed by atoms with Gasteiger partial charge in [-0.15, -0.1) is 0 Å². The standard InChI is InChI=1S/C23H15FN2O5S/c24-18-7-3-4-8-19(18)25-21-13-20(16-5-1-2-6-17(16)22(21)27)26-32(30,31)15-11-9-14(10-12-15)23(28)29/h1-13,25H,(H,28,29)/b26-20-. The number of hydrogen-bond acceptors (Lipinski definition) is 5. The Labute approximate surface area is 182 Å². The van der Waals surface area contributed by atoms with E-state index in [4.69, 9.17) is 5.11 Å². The number of aromatic carboxylic acids is 1. The smallest absolute Gasteiger partial charge is 0.335 e. The molecule has 32 heavy (non-hydrogen) atoms. The fourth-order valence-corrected chi connectivity index (χ4v) is 4.15. The van der Waals surface area contributed by atoms with Gasteiger partial charge in [-0.1, -0.05) is 36.4 Å². The van der Waals surface area contributed by atoms with Crippen molar-refractivity contribution in [3.05, 3.63) is 107 Å². The minimum Gasteiger partial charge on any atom is -0.478 e. The lowest BCUT2D eigenvalue weighted by atomic mass is 9.92. The molecule has 0 fully saturated rings. The van der Waals surface area contributed by atoms with E-state index in [1.807, 2.05) is 0 Å². The van der Waals surface area contributed by atoms with Crippen molar-refractivity contribution in [3.63, 3.8) is 0 Å². The summed E-state index contributed by atoms with van der Waals surface area (Å²) in [6.45, 7) is 0. The van der Waals surface area contributed by atoms with Gasteiger partial charge in [0.05, 0.1) is 27.6 Å². The molecule has 9 heteroatoms. The van der Waals surface area contributed by atoms with Gasteiger partial charge in [-0.2, -0.15) is 12.8 Å². The second-order valence-corrected chi connectivity index (χ2v) is 8.42. The molecule has 0 aromatic heterocycles. The number of ketones is 1. The number of carboxylic acids is 1. The quantitative estimate of drug-likeness (QED) is 0.610. The molecule has 7 nitrogen and oxygen atoms in total. The van der Waals surface area contributed by atoms with Crippen molar-refractivity contribution >= 4 is 33.2 Å². The zero-order valence-corrected chi connectivity index (χ0v) is 17.1. The summed E-state index contributed by atoms with van der Waals surface area (Å²) < 4.78 is 43.7. The van der Waals surface area contributed by atoms with Crippen molar-refractivity contribution in [1.82, 2.24) is 0 Å². The van der Waals surface area contributed by atoms with E-state index in [2.05, 4.69) is 9.71 Å². The molecule has 160 valence electrons. The van der Waals surface area contributed by atoms with Crippen LogP contribution in [0.5, 0.6) is 0 Å². The number of allylic oxidation sites excluding steroid dienone is 2. The number of sulfonamides is 1. The van der Waals surface area contributed by atoms with Crippen LogP contribution >= 0.6 is 0 Å². The Balaban J connectivity index is 1.80. The highest BCUT2D eigenvalue weighted by Crippen LogP contribution is 2.26. The predicted molar refractivity (Wildman–Crippen MR) is 116 cm³/mol. The molecule has 1 aliphatic rings. The first-order chi connectivity index (χ1) is 15.3. The van der Waals surface area contributed by atoms with Crippen molar-refractivity contribution in [2.75, 3.05) is 5.32 Å². The summed E-state index contributed by atoms with van der Waals surface area (Å²) in [5, 5.41) is 11.7. The third-order valence-corrected chi connectivity index (χ3v) is 6.04. The number of hydrogen-bond donors (Lipinski definition) is 2. The normalized spacial score (nSPS) is 14.6. The summed E-state index contributed by atoms with van der Waals surface area (Å²) in [5.41, 5.74) is 0.455. The Morgan fingerprint density at radius 1 is 0.906 bits per heavy atom. The zero-order chi connectivity index (χ0) is 22.9. The average molecular weight is 450 g/mol. The number of carbonyl (C=O) groups excluding carboxylic acids is 1. The number of nitrogens with zero attached hydrogens (tertiary/aromatic N) is 1. The highest BCUT2D eigenvalue weighted by Gasteiger charge is 2.26. The summed E-state index contributed by atoms with van der Waals surface area (Å²) in [4.78, 5) is 23.7. The van der Waals surface area contributed by atoms with Crippen LogP contribution in [0.1, 0.15) is 26.3 Å². The van der Waals surface area contributed by atoms with Crippen LogP contribution in [0.2, 0.25) is 0 Å². The monoisotopic (exact) mass is 450 g/mol. The van der Waals surface area contributed by atoms with E-state index in [-0.39, 0.29) is 33.1 Å². The third kappa shape index (κ3) is 4.06. The van der Waals surface area contributed by atoms with E-state index in [1.54, 1.807) is 24.3 Å². The fourth-order valence-electron chi connectivity index (χ4n) is 3.16. The number of benzene rings is 3. The van der Waals surface area contributed by atoms with E-state index in [0.29, 0.717) is 5.56 Å². The molecule has 0 radical (unpaired) electrons. The number of rotatable bonds is 5. The molecule has 4 rings (SSSR count). The molecule has 0 saturated heterocycles. The van der Waals surface area contributed by atoms with Crippen LogP contribution in [0.15, 0.2) is 93.9 Å². The highest BCUT2D eigenvalue weighted by molar-refractivity contribution is 7.90. The molecular formula is C23H15FN2O5S. The van der Waals surface area contributed by atoms with Crippen LogP contribution in [0.25, 0.3) is 0 Å². The van der Waals surface area contributed by atoms with E-state index in [0.717, 1.165) is 24.3 Å². The van der Waals surface area contributed by atoms with Crippen LogP contribution in [-0.2, 0) is 10.0 Å². The van der Waals surface area contributed by atoms with E-state index >= 15 is 0 Å². The highest BCUT2D eigenvalue weighted by atomic mass is 32.2. The topological polar surface area (TPSA) is 113 Å². The van der Waals surface area contributed by atoms with Crippen LogP contribution in [-0.4, -0.2) is 31.0 Å². The summed E-state index contributed by atoms with van der Waals surface area (Å²) in [7, 11) is -4.23. The number of nitrogens with one attached hydrogen (secondary N) is 1. The molecule has 3 aromatic carbocycles. The summed E-state index contributed by atoms with van der Waals surface area (Å²) in [5.74, 6) is -2.21. The lowest BCUT2D eigenvalue weighted by molar-refractivity contribution is 0.0696. The number of para-hydroxylation sites is 1. The number of carbonyl (C=O) groups is 2. The number of Topliss-reactive ketones (excluding diaryl/α,β-unsaturated/α-hetero) is 1. The Kier molecular flexibility index (Phi) is 5.41. The van der Waals surface area contributed by atoms with Gasteiger partial charge in [-0.05, 0) is 42.5 Å². The molecule has 3 aromatic rings.